The quantitative estimate of drug-likeness (QED) is 0.268. The molecule has 0 saturated carbocycles. The smallest absolute Gasteiger partial charge is 0.550 e. The number of hydrogen-bond acceptors (Lipinski definition) is 6. The molecule has 0 saturated heterocycles. The molecule has 0 aliphatic carbocycles. The van der Waals surface area contributed by atoms with E-state index < -0.39 is 5.97 Å². The zero-order chi connectivity index (χ0) is 12.1. The van der Waals surface area contributed by atoms with Crippen molar-refractivity contribution in [1.29, 1.82) is 0 Å². The van der Waals surface area contributed by atoms with Gasteiger partial charge in [0.05, 0.1) is 6.33 Å². The van der Waals surface area contributed by atoms with E-state index in [1.54, 1.807) is 18.1 Å². The van der Waals surface area contributed by atoms with E-state index in [0.717, 1.165) is 22.7 Å². The largest absolute Gasteiger partial charge is 1.00 e. The van der Waals surface area contributed by atoms with E-state index in [1.165, 1.54) is 6.33 Å². The first-order valence-corrected chi connectivity index (χ1v) is 6.22. The van der Waals surface area contributed by atoms with Crippen molar-refractivity contribution in [1.82, 2.24) is 19.9 Å². The van der Waals surface area contributed by atoms with Crippen LogP contribution < -0.4 is 34.7 Å². The summed E-state index contributed by atoms with van der Waals surface area (Å²) in [4.78, 5) is 25.4. The number of aliphatic carboxylic acids is 1. The summed E-state index contributed by atoms with van der Waals surface area (Å²) < 4.78 is 0. The number of unbranched alkanes of at least 4 members (excludes halogenated alkanes) is 1. The fourth-order valence-corrected chi connectivity index (χ4v) is 2.35. The van der Waals surface area contributed by atoms with Crippen molar-refractivity contribution in [2.75, 3.05) is 5.75 Å². The first-order chi connectivity index (χ1) is 8.27. The Bertz CT molecular complexity index is 519. The van der Waals surface area contributed by atoms with Crippen LogP contribution in [0.3, 0.4) is 0 Å². The van der Waals surface area contributed by atoms with Crippen molar-refractivity contribution in [2.24, 2.45) is 0 Å². The summed E-state index contributed by atoms with van der Waals surface area (Å²) >= 11 is 1.57. The maximum Gasteiger partial charge on any atom is 1.00 e. The van der Waals surface area contributed by atoms with Crippen LogP contribution in [0.4, 0.5) is 0 Å². The summed E-state index contributed by atoms with van der Waals surface area (Å²) in [5.74, 6) is -0.175. The number of carbonyl (C=O) groups excluding carboxylic acids is 1. The Balaban J connectivity index is 0.00000162. The molecule has 0 fully saturated rings. The van der Waals surface area contributed by atoms with Gasteiger partial charge in [-0.1, -0.05) is 0 Å². The third kappa shape index (κ3) is 4.24. The number of aromatic nitrogens is 4. The first-order valence-electron chi connectivity index (χ1n) is 5.24. The van der Waals surface area contributed by atoms with Gasteiger partial charge >= 0.3 is 29.6 Å². The van der Waals surface area contributed by atoms with Crippen molar-refractivity contribution in [3.63, 3.8) is 0 Å². The Kier molecular flexibility index (Phi) is 6.62. The van der Waals surface area contributed by atoms with Crippen molar-refractivity contribution in [2.45, 2.75) is 24.3 Å². The van der Waals surface area contributed by atoms with Crippen LogP contribution in [-0.4, -0.2) is 31.7 Å². The van der Waals surface area contributed by atoms with Gasteiger partial charge < -0.3 is 14.9 Å². The Morgan fingerprint density at radius 3 is 2.94 bits per heavy atom. The molecule has 0 bridgehead atoms. The second-order valence-electron chi connectivity index (χ2n) is 3.46. The topological polar surface area (TPSA) is 94.6 Å². The number of aromatic amines is 1. The molecule has 2 rings (SSSR count). The summed E-state index contributed by atoms with van der Waals surface area (Å²) in [7, 11) is 0. The van der Waals surface area contributed by atoms with Crippen molar-refractivity contribution < 1.29 is 39.5 Å². The van der Waals surface area contributed by atoms with Crippen LogP contribution in [0, 0.1) is 0 Å². The molecule has 0 radical (unpaired) electrons. The van der Waals surface area contributed by atoms with Gasteiger partial charge in [-0.15, -0.1) is 11.8 Å². The molecule has 8 heteroatoms. The Morgan fingerprint density at radius 2 is 2.17 bits per heavy atom. The van der Waals surface area contributed by atoms with E-state index in [0.29, 0.717) is 12.1 Å². The van der Waals surface area contributed by atoms with Crippen molar-refractivity contribution in [3.8, 4) is 0 Å². The molecule has 2 heterocycles. The molecule has 0 aliphatic heterocycles. The SMILES string of the molecule is O=C([O-])CCCCSc1ncnc2nc[nH]c12.[Na+]. The standard InChI is InChI=1S/C10H12N4O2S.Na/c15-7(16)3-1-2-4-17-10-8-9(12-5-11-8)13-6-14-10;/h5-6H,1-4H2,(H,15,16)(H,11,12,13,14);/q;+1/p-1. The normalized spacial score (nSPS) is 10.2. The van der Waals surface area contributed by atoms with Gasteiger partial charge in [0.25, 0.3) is 0 Å². The summed E-state index contributed by atoms with van der Waals surface area (Å²) in [6.07, 6.45) is 4.63. The number of carboxylic acids is 1. The molecule has 0 amide bonds. The predicted octanol–water partition coefficient (Wildman–Crippen LogP) is -2.63. The Morgan fingerprint density at radius 1 is 1.33 bits per heavy atom. The maximum atomic E-state index is 10.2. The number of nitrogens with one attached hydrogen (secondary N) is 1. The molecular weight excluding hydrogens is 263 g/mol. The predicted molar refractivity (Wildman–Crippen MR) is 61.3 cm³/mol. The average Bonchev–Trinajstić information content (AvgIpc) is 2.77. The second-order valence-corrected chi connectivity index (χ2v) is 4.54. The number of carbonyl (C=O) groups is 1. The van der Waals surface area contributed by atoms with Crippen molar-refractivity contribution in [3.05, 3.63) is 12.7 Å². The monoisotopic (exact) mass is 274 g/mol. The number of rotatable bonds is 6. The van der Waals surface area contributed by atoms with Gasteiger partial charge in [0.1, 0.15) is 16.9 Å². The van der Waals surface area contributed by atoms with Gasteiger partial charge in [-0.3, -0.25) is 0 Å². The fraction of sp³-hybridized carbons (Fsp3) is 0.400. The van der Waals surface area contributed by atoms with E-state index in [1.807, 2.05) is 0 Å². The summed E-state index contributed by atoms with van der Waals surface area (Å²) in [5, 5.41) is 11.1. The van der Waals surface area contributed by atoms with Crippen LogP contribution in [0.2, 0.25) is 0 Å². The van der Waals surface area contributed by atoms with E-state index in [9.17, 15) is 9.90 Å². The van der Waals surface area contributed by atoms with Gasteiger partial charge in [0.15, 0.2) is 5.65 Å². The number of H-pyrrole nitrogens is 1. The third-order valence-electron chi connectivity index (χ3n) is 2.20. The maximum absolute atomic E-state index is 10.2. The number of thioether (sulfide) groups is 1. The number of fused-ring (bicyclic) bond motifs is 1. The minimum absolute atomic E-state index is 0. The van der Waals surface area contributed by atoms with Gasteiger partial charge in [0, 0.05) is 5.97 Å². The summed E-state index contributed by atoms with van der Waals surface area (Å²) in [6.45, 7) is 0. The van der Waals surface area contributed by atoms with E-state index in [2.05, 4.69) is 19.9 Å². The van der Waals surface area contributed by atoms with Crippen molar-refractivity contribution >= 4 is 28.9 Å². The van der Waals surface area contributed by atoms with E-state index >= 15 is 0 Å². The Hall–Kier alpha value is -0.630. The summed E-state index contributed by atoms with van der Waals surface area (Å²) in [6, 6.07) is 0. The van der Waals surface area contributed by atoms with Gasteiger partial charge in [-0.05, 0) is 25.0 Å². The second kappa shape index (κ2) is 7.73. The molecule has 18 heavy (non-hydrogen) atoms. The van der Waals surface area contributed by atoms with Gasteiger partial charge in [-0.25, -0.2) is 15.0 Å². The van der Waals surface area contributed by atoms with Crippen LogP contribution in [-0.2, 0) is 4.79 Å². The van der Waals surface area contributed by atoms with Crippen LogP contribution in [0.1, 0.15) is 19.3 Å². The molecular formula is C10H11N4NaO2S. The summed E-state index contributed by atoms with van der Waals surface area (Å²) in [5.41, 5.74) is 1.48. The molecule has 2 aromatic rings. The number of hydrogen-bond donors (Lipinski definition) is 1. The van der Waals surface area contributed by atoms with Crippen LogP contribution in [0.5, 0.6) is 0 Å². The van der Waals surface area contributed by atoms with Gasteiger partial charge in [0.2, 0.25) is 0 Å². The van der Waals surface area contributed by atoms with E-state index in [4.69, 9.17) is 0 Å². The zero-order valence-corrected chi connectivity index (χ0v) is 12.9. The number of imidazole rings is 1. The van der Waals surface area contributed by atoms with Crippen LogP contribution >= 0.6 is 11.8 Å². The Labute approximate surface area is 130 Å². The molecule has 0 unspecified atom stereocenters. The molecule has 0 aliphatic rings. The minimum Gasteiger partial charge on any atom is -0.550 e. The zero-order valence-electron chi connectivity index (χ0n) is 10.0. The molecule has 0 spiro atoms. The first kappa shape index (κ1) is 15.4. The van der Waals surface area contributed by atoms with Gasteiger partial charge in [-0.2, -0.15) is 0 Å². The minimum atomic E-state index is -0.993. The van der Waals surface area contributed by atoms with E-state index in [-0.39, 0.29) is 36.0 Å². The molecule has 2 aromatic heterocycles. The number of carboxylic acid groups (broad SMARTS) is 1. The number of nitrogens with zero attached hydrogens (tertiary/aromatic N) is 3. The molecule has 6 nitrogen and oxygen atoms in total. The average molecular weight is 274 g/mol. The van der Waals surface area contributed by atoms with Crippen LogP contribution in [0.25, 0.3) is 11.2 Å². The molecule has 0 aromatic carbocycles. The van der Waals surface area contributed by atoms with Crippen LogP contribution in [0.15, 0.2) is 17.7 Å². The molecule has 0 atom stereocenters. The molecule has 90 valence electrons. The molecule has 1 N–H and O–H groups in total. The fourth-order valence-electron chi connectivity index (χ4n) is 1.39. The third-order valence-corrected chi connectivity index (χ3v) is 3.28.